The summed E-state index contributed by atoms with van der Waals surface area (Å²) < 4.78 is 3.76. The number of halogens is 2. The fourth-order valence-corrected chi connectivity index (χ4v) is 1.67. The first-order valence-electron chi connectivity index (χ1n) is 3.44. The van der Waals surface area contributed by atoms with Crippen LogP contribution in [-0.4, -0.2) is 6.09 Å². The van der Waals surface area contributed by atoms with Crippen molar-refractivity contribution in [1.29, 1.82) is 0 Å². The zero-order valence-corrected chi connectivity index (χ0v) is 9.71. The summed E-state index contributed by atoms with van der Waals surface area (Å²) in [5.41, 5.74) is 5.65. The van der Waals surface area contributed by atoms with Gasteiger partial charge in [0, 0.05) is 5.56 Å². The number of alkyl halides is 2. The van der Waals surface area contributed by atoms with Crippen molar-refractivity contribution in [3.05, 3.63) is 35.9 Å². The third-order valence-electron chi connectivity index (χ3n) is 1.34. The molecule has 0 aromatic heterocycles. The molecule has 0 fully saturated rings. The van der Waals surface area contributed by atoms with Gasteiger partial charge in [-0.3, -0.25) is 0 Å². The molecule has 5 heteroatoms. The highest BCUT2D eigenvalue weighted by atomic mass is 79.9. The molecule has 0 spiro atoms. The standard InChI is InChI=1S/C8H7Br2NO2/c9-8(10,13-7(11)12)6-4-2-1-3-5-6/h1-5H,(H2,11,12). The van der Waals surface area contributed by atoms with E-state index >= 15 is 0 Å². The second-order valence-electron chi connectivity index (χ2n) is 2.30. The summed E-state index contributed by atoms with van der Waals surface area (Å²) in [7, 11) is 0. The SMILES string of the molecule is NC(=O)OC(Br)(Br)c1ccccc1. The number of carbonyl (C=O) groups excluding carboxylic acids is 1. The molecule has 0 heterocycles. The summed E-state index contributed by atoms with van der Waals surface area (Å²) in [5.74, 6) is 0. The van der Waals surface area contributed by atoms with Crippen molar-refractivity contribution in [1.82, 2.24) is 0 Å². The molecule has 1 aromatic rings. The smallest absolute Gasteiger partial charge is 0.406 e. The highest BCUT2D eigenvalue weighted by Crippen LogP contribution is 2.38. The molecule has 1 amide bonds. The van der Waals surface area contributed by atoms with E-state index in [4.69, 9.17) is 10.5 Å². The third kappa shape index (κ3) is 3.00. The molecule has 0 saturated heterocycles. The Labute approximate surface area is 92.5 Å². The van der Waals surface area contributed by atoms with E-state index in [9.17, 15) is 4.79 Å². The lowest BCUT2D eigenvalue weighted by molar-refractivity contribution is 0.138. The predicted octanol–water partition coefficient (Wildman–Crippen LogP) is 2.68. The zero-order valence-electron chi connectivity index (χ0n) is 6.54. The van der Waals surface area contributed by atoms with Crippen molar-refractivity contribution in [2.45, 2.75) is 3.42 Å². The van der Waals surface area contributed by atoms with Crippen molar-refractivity contribution >= 4 is 38.0 Å². The van der Waals surface area contributed by atoms with Crippen molar-refractivity contribution in [3.8, 4) is 0 Å². The molecule has 3 nitrogen and oxygen atoms in total. The van der Waals surface area contributed by atoms with Crippen LogP contribution in [0, 0.1) is 0 Å². The van der Waals surface area contributed by atoms with Gasteiger partial charge in [-0.15, -0.1) is 0 Å². The quantitative estimate of drug-likeness (QED) is 0.854. The molecule has 0 aliphatic carbocycles. The molecule has 0 aliphatic heterocycles. The number of amides is 1. The minimum Gasteiger partial charge on any atom is -0.417 e. The number of nitrogens with two attached hydrogens (primary N) is 1. The van der Waals surface area contributed by atoms with E-state index in [0.29, 0.717) is 0 Å². The molecule has 0 aliphatic rings. The minimum atomic E-state index is -1.03. The van der Waals surface area contributed by atoms with Crippen LogP contribution in [0.2, 0.25) is 0 Å². The number of rotatable bonds is 2. The Morgan fingerprint density at radius 2 is 1.85 bits per heavy atom. The summed E-state index contributed by atoms with van der Waals surface area (Å²) >= 11 is 6.37. The second kappa shape index (κ2) is 4.11. The molecular formula is C8H7Br2NO2. The first-order valence-corrected chi connectivity index (χ1v) is 5.03. The van der Waals surface area contributed by atoms with Crippen molar-refractivity contribution in [3.63, 3.8) is 0 Å². The molecule has 0 radical (unpaired) electrons. The Morgan fingerprint density at radius 3 is 2.31 bits per heavy atom. The van der Waals surface area contributed by atoms with Crippen molar-refractivity contribution in [2.24, 2.45) is 5.73 Å². The van der Waals surface area contributed by atoms with Gasteiger partial charge in [0.1, 0.15) is 0 Å². The van der Waals surface area contributed by atoms with E-state index in [0.717, 1.165) is 5.56 Å². The van der Waals surface area contributed by atoms with Crippen LogP contribution >= 0.6 is 31.9 Å². The molecular weight excluding hydrogens is 302 g/mol. The maximum atomic E-state index is 10.5. The second-order valence-corrected chi connectivity index (χ2v) is 5.60. The summed E-state index contributed by atoms with van der Waals surface area (Å²) in [5, 5.41) is 0. The molecule has 0 atom stereocenters. The van der Waals surface area contributed by atoms with Gasteiger partial charge in [0.05, 0.1) is 0 Å². The summed E-state index contributed by atoms with van der Waals surface area (Å²) in [6, 6.07) is 9.12. The third-order valence-corrected chi connectivity index (χ3v) is 2.58. The minimum absolute atomic E-state index is 0.758. The van der Waals surface area contributed by atoms with Crippen molar-refractivity contribution in [2.75, 3.05) is 0 Å². The molecule has 13 heavy (non-hydrogen) atoms. The number of ether oxygens (including phenoxy) is 1. The molecule has 0 saturated carbocycles. The van der Waals surface area contributed by atoms with Gasteiger partial charge in [0.15, 0.2) is 0 Å². The molecule has 0 bridgehead atoms. The number of hydrogen-bond acceptors (Lipinski definition) is 2. The van der Waals surface area contributed by atoms with Crippen LogP contribution in [0.15, 0.2) is 30.3 Å². The lowest BCUT2D eigenvalue weighted by Gasteiger charge is -2.19. The molecule has 1 aromatic carbocycles. The van der Waals surface area contributed by atoms with Crippen LogP contribution in [-0.2, 0) is 8.16 Å². The number of carbonyl (C=O) groups is 1. The normalized spacial score (nSPS) is 10.9. The van der Waals surface area contributed by atoms with E-state index in [2.05, 4.69) is 31.9 Å². The van der Waals surface area contributed by atoms with Gasteiger partial charge in [-0.25, -0.2) is 4.79 Å². The van der Waals surface area contributed by atoms with E-state index in [1.165, 1.54) is 0 Å². The van der Waals surface area contributed by atoms with Crippen LogP contribution in [0.1, 0.15) is 5.56 Å². The Kier molecular flexibility index (Phi) is 3.33. The number of primary amides is 1. The maximum absolute atomic E-state index is 10.5. The Balaban J connectivity index is 2.87. The Morgan fingerprint density at radius 1 is 1.31 bits per heavy atom. The highest BCUT2D eigenvalue weighted by molar-refractivity contribution is 9.24. The monoisotopic (exact) mass is 307 g/mol. The van der Waals surface area contributed by atoms with Crippen LogP contribution in [0.3, 0.4) is 0 Å². The Hall–Kier alpha value is -0.550. The summed E-state index contributed by atoms with van der Waals surface area (Å²) in [4.78, 5) is 10.5. The van der Waals surface area contributed by atoms with Gasteiger partial charge in [-0.2, -0.15) is 0 Å². The zero-order chi connectivity index (χ0) is 9.90. The maximum Gasteiger partial charge on any atom is 0.406 e. The largest absolute Gasteiger partial charge is 0.417 e. The fourth-order valence-electron chi connectivity index (χ4n) is 0.817. The average molecular weight is 309 g/mol. The number of benzene rings is 1. The van der Waals surface area contributed by atoms with Crippen LogP contribution in [0.25, 0.3) is 0 Å². The van der Waals surface area contributed by atoms with Crippen LogP contribution in [0.5, 0.6) is 0 Å². The molecule has 0 unspecified atom stereocenters. The number of hydrogen-bond donors (Lipinski definition) is 1. The lowest BCUT2D eigenvalue weighted by atomic mass is 10.2. The average Bonchev–Trinajstić information content (AvgIpc) is 2.04. The van der Waals surface area contributed by atoms with Gasteiger partial charge in [0.25, 0.3) is 0 Å². The van der Waals surface area contributed by atoms with E-state index in [1.807, 2.05) is 18.2 Å². The first kappa shape index (κ1) is 10.5. The summed E-state index contributed by atoms with van der Waals surface area (Å²) in [6.45, 7) is 0. The fraction of sp³-hybridized carbons (Fsp3) is 0.125. The molecule has 1 rings (SSSR count). The molecule has 70 valence electrons. The first-order chi connectivity index (χ1) is 6.02. The van der Waals surface area contributed by atoms with E-state index in [-0.39, 0.29) is 0 Å². The van der Waals surface area contributed by atoms with Gasteiger partial charge in [0.2, 0.25) is 3.42 Å². The summed E-state index contributed by atoms with van der Waals surface area (Å²) in [6.07, 6.45) is -0.849. The van der Waals surface area contributed by atoms with Gasteiger partial charge in [-0.05, 0) is 31.9 Å². The predicted molar refractivity (Wildman–Crippen MR) is 56.6 cm³/mol. The topological polar surface area (TPSA) is 52.3 Å². The van der Waals surface area contributed by atoms with Gasteiger partial charge in [-0.1, -0.05) is 30.3 Å². The van der Waals surface area contributed by atoms with Gasteiger partial charge < -0.3 is 10.5 Å². The van der Waals surface area contributed by atoms with E-state index in [1.54, 1.807) is 12.1 Å². The van der Waals surface area contributed by atoms with E-state index < -0.39 is 9.51 Å². The lowest BCUT2D eigenvalue weighted by Crippen LogP contribution is -2.23. The Bertz CT molecular complexity index is 300. The van der Waals surface area contributed by atoms with Crippen LogP contribution < -0.4 is 5.73 Å². The van der Waals surface area contributed by atoms with Crippen molar-refractivity contribution < 1.29 is 9.53 Å². The molecule has 2 N–H and O–H groups in total. The van der Waals surface area contributed by atoms with Gasteiger partial charge >= 0.3 is 6.09 Å². The highest BCUT2D eigenvalue weighted by Gasteiger charge is 2.28. The van der Waals surface area contributed by atoms with Crippen LogP contribution in [0.4, 0.5) is 4.79 Å².